The summed E-state index contributed by atoms with van der Waals surface area (Å²) in [5.74, 6) is -1.03. The van der Waals surface area contributed by atoms with E-state index >= 15 is 0 Å². The minimum absolute atomic E-state index is 0.0200. The van der Waals surface area contributed by atoms with Gasteiger partial charge in [0.25, 0.3) is 0 Å². The van der Waals surface area contributed by atoms with E-state index in [9.17, 15) is 9.59 Å². The SMILES string of the molecule is COCCCC(NC(=O)NC(C)C)C(=O)O. The molecule has 0 radical (unpaired) electrons. The number of methoxy groups -OCH3 is 1. The highest BCUT2D eigenvalue weighted by Crippen LogP contribution is 1.98. The maximum Gasteiger partial charge on any atom is 0.326 e. The Morgan fingerprint density at radius 3 is 2.38 bits per heavy atom. The predicted octanol–water partition coefficient (Wildman–Crippen LogP) is 0.574. The van der Waals surface area contributed by atoms with Gasteiger partial charge in [0.15, 0.2) is 0 Å². The van der Waals surface area contributed by atoms with Crippen LogP contribution in [-0.4, -0.2) is 42.9 Å². The number of hydrogen-bond donors (Lipinski definition) is 3. The van der Waals surface area contributed by atoms with Gasteiger partial charge in [-0.2, -0.15) is 0 Å². The molecule has 94 valence electrons. The summed E-state index contributed by atoms with van der Waals surface area (Å²) < 4.78 is 4.82. The van der Waals surface area contributed by atoms with Gasteiger partial charge in [-0.25, -0.2) is 9.59 Å². The first-order valence-corrected chi connectivity index (χ1v) is 5.26. The Hall–Kier alpha value is -1.30. The van der Waals surface area contributed by atoms with Crippen LogP contribution in [0.4, 0.5) is 4.79 Å². The monoisotopic (exact) mass is 232 g/mol. The van der Waals surface area contributed by atoms with Gasteiger partial charge in [0.05, 0.1) is 0 Å². The van der Waals surface area contributed by atoms with E-state index in [-0.39, 0.29) is 6.04 Å². The van der Waals surface area contributed by atoms with Crippen molar-refractivity contribution in [1.29, 1.82) is 0 Å². The van der Waals surface area contributed by atoms with Gasteiger partial charge >= 0.3 is 12.0 Å². The fourth-order valence-electron chi connectivity index (χ4n) is 1.15. The molecule has 0 aliphatic carbocycles. The van der Waals surface area contributed by atoms with Crippen molar-refractivity contribution >= 4 is 12.0 Å². The number of hydrogen-bond acceptors (Lipinski definition) is 3. The molecule has 3 N–H and O–H groups in total. The largest absolute Gasteiger partial charge is 0.480 e. The second-order valence-electron chi connectivity index (χ2n) is 3.80. The standard InChI is InChI=1S/C10H20N2O4/c1-7(2)11-10(15)12-8(9(13)14)5-4-6-16-3/h7-8H,4-6H2,1-3H3,(H,13,14)(H2,11,12,15). The van der Waals surface area contributed by atoms with Crippen molar-refractivity contribution in [3.8, 4) is 0 Å². The number of carbonyl (C=O) groups is 2. The highest BCUT2D eigenvalue weighted by atomic mass is 16.5. The van der Waals surface area contributed by atoms with Crippen LogP contribution in [-0.2, 0) is 9.53 Å². The molecule has 0 saturated carbocycles. The maximum absolute atomic E-state index is 11.3. The molecule has 6 nitrogen and oxygen atoms in total. The summed E-state index contributed by atoms with van der Waals surface area (Å²) in [6, 6.07) is -1.35. The van der Waals surface area contributed by atoms with Crippen molar-refractivity contribution < 1.29 is 19.4 Å². The van der Waals surface area contributed by atoms with Gasteiger partial charge in [-0.3, -0.25) is 0 Å². The van der Waals surface area contributed by atoms with Gasteiger partial charge in [0.2, 0.25) is 0 Å². The number of ether oxygens (including phenoxy) is 1. The normalized spacial score (nSPS) is 12.2. The Labute approximate surface area is 95.4 Å². The van der Waals surface area contributed by atoms with E-state index in [1.807, 2.05) is 0 Å². The Balaban J connectivity index is 4.02. The maximum atomic E-state index is 11.3. The summed E-state index contributed by atoms with van der Waals surface area (Å²) >= 11 is 0. The molecule has 0 rings (SSSR count). The predicted molar refractivity (Wildman–Crippen MR) is 59.3 cm³/mol. The van der Waals surface area contributed by atoms with Gasteiger partial charge in [-0.1, -0.05) is 0 Å². The van der Waals surface area contributed by atoms with Crippen molar-refractivity contribution in [3.63, 3.8) is 0 Å². The molecule has 0 bridgehead atoms. The molecule has 2 amide bonds. The van der Waals surface area contributed by atoms with Crippen molar-refractivity contribution in [2.45, 2.75) is 38.8 Å². The molecular formula is C10H20N2O4. The molecule has 0 aliphatic rings. The summed E-state index contributed by atoms with van der Waals surface area (Å²) in [6.07, 6.45) is 0.949. The van der Waals surface area contributed by atoms with E-state index in [0.29, 0.717) is 19.4 Å². The Morgan fingerprint density at radius 2 is 1.94 bits per heavy atom. The highest BCUT2D eigenvalue weighted by molar-refractivity contribution is 5.82. The molecule has 0 aromatic heterocycles. The first-order chi connectivity index (χ1) is 7.47. The van der Waals surface area contributed by atoms with E-state index in [4.69, 9.17) is 9.84 Å². The summed E-state index contributed by atoms with van der Waals surface area (Å²) in [7, 11) is 1.55. The quantitative estimate of drug-likeness (QED) is 0.560. The molecule has 1 unspecified atom stereocenters. The van der Waals surface area contributed by atoms with Crippen LogP contribution in [0.15, 0.2) is 0 Å². The van der Waals surface area contributed by atoms with Gasteiger partial charge < -0.3 is 20.5 Å². The molecule has 0 aromatic carbocycles. The molecule has 6 heteroatoms. The molecule has 0 fully saturated rings. The minimum atomic E-state index is -1.03. The number of carboxylic acid groups (broad SMARTS) is 1. The summed E-state index contributed by atoms with van der Waals surface area (Å²) in [5, 5.41) is 13.8. The van der Waals surface area contributed by atoms with Crippen molar-refractivity contribution in [2.24, 2.45) is 0 Å². The second kappa shape index (κ2) is 7.92. The van der Waals surface area contributed by atoms with Crippen LogP contribution in [0.1, 0.15) is 26.7 Å². The third kappa shape index (κ3) is 7.05. The number of amides is 2. The van der Waals surface area contributed by atoms with E-state index < -0.39 is 18.0 Å². The molecule has 16 heavy (non-hydrogen) atoms. The summed E-state index contributed by atoms with van der Waals surface area (Å²) in [6.45, 7) is 4.10. The van der Waals surface area contributed by atoms with Crippen molar-refractivity contribution in [2.75, 3.05) is 13.7 Å². The lowest BCUT2D eigenvalue weighted by Gasteiger charge is -2.16. The molecule has 0 aliphatic heterocycles. The van der Waals surface area contributed by atoms with E-state index in [1.165, 1.54) is 0 Å². The number of urea groups is 1. The van der Waals surface area contributed by atoms with Gasteiger partial charge in [-0.15, -0.1) is 0 Å². The van der Waals surface area contributed by atoms with Crippen LogP contribution in [0.25, 0.3) is 0 Å². The number of rotatable bonds is 7. The summed E-state index contributed by atoms with van der Waals surface area (Å²) in [5.41, 5.74) is 0. The molecule has 0 spiro atoms. The second-order valence-corrected chi connectivity index (χ2v) is 3.80. The third-order valence-electron chi connectivity index (χ3n) is 1.86. The zero-order valence-corrected chi connectivity index (χ0v) is 9.95. The average molecular weight is 232 g/mol. The van der Waals surface area contributed by atoms with Crippen LogP contribution in [0.3, 0.4) is 0 Å². The third-order valence-corrected chi connectivity index (χ3v) is 1.86. The Morgan fingerprint density at radius 1 is 1.31 bits per heavy atom. The first-order valence-electron chi connectivity index (χ1n) is 5.26. The number of nitrogens with one attached hydrogen (secondary N) is 2. The molecule has 0 aromatic rings. The van der Waals surface area contributed by atoms with Crippen LogP contribution in [0.2, 0.25) is 0 Å². The summed E-state index contributed by atoms with van der Waals surface area (Å²) in [4.78, 5) is 22.1. The van der Waals surface area contributed by atoms with Gasteiger partial charge in [0, 0.05) is 19.8 Å². The van der Waals surface area contributed by atoms with Crippen LogP contribution in [0, 0.1) is 0 Å². The fraction of sp³-hybridized carbons (Fsp3) is 0.800. The van der Waals surface area contributed by atoms with Crippen LogP contribution in [0.5, 0.6) is 0 Å². The number of aliphatic carboxylic acids is 1. The highest BCUT2D eigenvalue weighted by Gasteiger charge is 2.19. The number of carboxylic acids is 1. The lowest BCUT2D eigenvalue weighted by Crippen LogP contribution is -2.47. The smallest absolute Gasteiger partial charge is 0.326 e. The minimum Gasteiger partial charge on any atom is -0.480 e. The van der Waals surface area contributed by atoms with Gasteiger partial charge in [0.1, 0.15) is 6.04 Å². The van der Waals surface area contributed by atoms with E-state index in [2.05, 4.69) is 10.6 Å². The zero-order chi connectivity index (χ0) is 12.6. The average Bonchev–Trinajstić information content (AvgIpc) is 2.15. The molecular weight excluding hydrogens is 212 g/mol. The Kier molecular flexibility index (Phi) is 7.28. The fourth-order valence-corrected chi connectivity index (χ4v) is 1.15. The zero-order valence-electron chi connectivity index (χ0n) is 9.95. The van der Waals surface area contributed by atoms with Crippen molar-refractivity contribution in [1.82, 2.24) is 10.6 Å². The first kappa shape index (κ1) is 14.7. The van der Waals surface area contributed by atoms with Gasteiger partial charge in [-0.05, 0) is 26.7 Å². The molecule has 1 atom stereocenters. The van der Waals surface area contributed by atoms with E-state index in [1.54, 1.807) is 21.0 Å². The molecule has 0 saturated heterocycles. The van der Waals surface area contributed by atoms with Crippen LogP contribution >= 0.6 is 0 Å². The topological polar surface area (TPSA) is 87.7 Å². The Bertz CT molecular complexity index is 231. The lowest BCUT2D eigenvalue weighted by molar-refractivity contribution is -0.139. The lowest BCUT2D eigenvalue weighted by atomic mass is 10.1. The number of carbonyl (C=O) groups excluding carboxylic acids is 1. The van der Waals surface area contributed by atoms with Crippen LogP contribution < -0.4 is 10.6 Å². The molecule has 0 heterocycles. The van der Waals surface area contributed by atoms with E-state index in [0.717, 1.165) is 0 Å². The van der Waals surface area contributed by atoms with Crippen molar-refractivity contribution in [3.05, 3.63) is 0 Å².